The molecule has 3 N–H and O–H groups in total. The second kappa shape index (κ2) is 4.39. The Labute approximate surface area is 96.2 Å². The second-order valence-electron chi connectivity index (χ2n) is 4.62. The summed E-state index contributed by atoms with van der Waals surface area (Å²) < 4.78 is 5.57. The van der Waals surface area contributed by atoms with Gasteiger partial charge in [0.25, 0.3) is 0 Å². The van der Waals surface area contributed by atoms with Crippen LogP contribution in [0.4, 0.5) is 5.69 Å². The number of aromatic nitrogens is 1. The first-order chi connectivity index (χ1) is 7.60. The number of nitrogens with two attached hydrogens (primary N) is 1. The zero-order valence-corrected chi connectivity index (χ0v) is 9.86. The van der Waals surface area contributed by atoms with Gasteiger partial charge in [-0.15, -0.1) is 0 Å². The van der Waals surface area contributed by atoms with Gasteiger partial charge in [-0.2, -0.15) is 0 Å². The van der Waals surface area contributed by atoms with Crippen molar-refractivity contribution in [2.75, 3.05) is 12.3 Å². The normalized spacial score (nSPS) is 29.5. The molecule has 0 bridgehead atoms. The summed E-state index contributed by atoms with van der Waals surface area (Å²) in [6.45, 7) is 5.89. The minimum absolute atomic E-state index is 0.0586. The summed E-state index contributed by atoms with van der Waals surface area (Å²) in [6, 6.07) is 3.83. The molecule has 2 atom stereocenters. The van der Waals surface area contributed by atoms with Gasteiger partial charge < -0.3 is 15.8 Å². The topological polar surface area (TPSA) is 60.2 Å². The predicted molar refractivity (Wildman–Crippen MR) is 63.9 cm³/mol. The van der Waals surface area contributed by atoms with Crippen LogP contribution in [0.5, 0.6) is 0 Å². The lowest BCUT2D eigenvalue weighted by molar-refractivity contribution is 0.0880. The molecule has 1 aromatic rings. The van der Waals surface area contributed by atoms with Crippen molar-refractivity contribution in [1.82, 2.24) is 10.3 Å². The average Bonchev–Trinajstić information content (AvgIpc) is 2.59. The molecule has 1 aliphatic heterocycles. The van der Waals surface area contributed by atoms with Gasteiger partial charge in [0.2, 0.25) is 0 Å². The van der Waals surface area contributed by atoms with Gasteiger partial charge in [0, 0.05) is 18.7 Å². The third-order valence-corrected chi connectivity index (χ3v) is 3.41. The molecule has 2 rings (SSSR count). The Morgan fingerprint density at radius 3 is 3.00 bits per heavy atom. The van der Waals surface area contributed by atoms with Crippen LogP contribution < -0.4 is 11.1 Å². The fourth-order valence-corrected chi connectivity index (χ4v) is 1.90. The third-order valence-electron chi connectivity index (χ3n) is 3.41. The average molecular weight is 221 g/mol. The van der Waals surface area contributed by atoms with E-state index in [2.05, 4.69) is 24.1 Å². The van der Waals surface area contributed by atoms with Gasteiger partial charge in [-0.3, -0.25) is 4.98 Å². The Bertz CT molecular complexity index is 352. The maximum absolute atomic E-state index is 5.59. The largest absolute Gasteiger partial charge is 0.397 e. The lowest BCUT2D eigenvalue weighted by Crippen LogP contribution is -2.47. The van der Waals surface area contributed by atoms with Crippen molar-refractivity contribution >= 4 is 5.69 Å². The van der Waals surface area contributed by atoms with Crippen LogP contribution >= 0.6 is 0 Å². The number of hydrogen-bond acceptors (Lipinski definition) is 4. The van der Waals surface area contributed by atoms with Crippen LogP contribution in [0.3, 0.4) is 0 Å². The highest BCUT2D eigenvalue weighted by molar-refractivity contribution is 5.34. The molecule has 0 spiro atoms. The molecule has 0 aliphatic carbocycles. The zero-order valence-electron chi connectivity index (χ0n) is 9.86. The molecule has 0 radical (unpaired) electrons. The van der Waals surface area contributed by atoms with E-state index in [0.29, 0.717) is 5.69 Å². The van der Waals surface area contributed by atoms with E-state index in [1.54, 1.807) is 6.20 Å². The molecule has 0 aromatic carbocycles. The summed E-state index contributed by atoms with van der Waals surface area (Å²) in [5.74, 6) is 0. The summed E-state index contributed by atoms with van der Waals surface area (Å²) >= 11 is 0. The van der Waals surface area contributed by atoms with E-state index in [0.717, 1.165) is 25.3 Å². The minimum Gasteiger partial charge on any atom is -0.397 e. The maximum atomic E-state index is 5.59. The van der Waals surface area contributed by atoms with Crippen LogP contribution in [-0.4, -0.2) is 23.2 Å². The van der Waals surface area contributed by atoms with E-state index in [-0.39, 0.29) is 11.6 Å². The lowest BCUT2D eigenvalue weighted by atomic mass is 9.94. The molecule has 1 fully saturated rings. The van der Waals surface area contributed by atoms with E-state index >= 15 is 0 Å². The van der Waals surface area contributed by atoms with Gasteiger partial charge in [0.1, 0.15) is 0 Å². The van der Waals surface area contributed by atoms with Crippen LogP contribution in [0.25, 0.3) is 0 Å². The maximum Gasteiger partial charge on any atom is 0.0726 e. The van der Waals surface area contributed by atoms with Crippen molar-refractivity contribution in [3.63, 3.8) is 0 Å². The SMILES string of the molecule is CC1OCCC1(C)NCc1ccc(N)cn1. The minimum atomic E-state index is 0.0586. The van der Waals surface area contributed by atoms with Crippen molar-refractivity contribution in [3.8, 4) is 0 Å². The predicted octanol–water partition coefficient (Wildman–Crippen LogP) is 1.32. The summed E-state index contributed by atoms with van der Waals surface area (Å²) in [5.41, 5.74) is 7.36. The Balaban J connectivity index is 1.94. The molecule has 88 valence electrons. The second-order valence-corrected chi connectivity index (χ2v) is 4.62. The van der Waals surface area contributed by atoms with Gasteiger partial charge >= 0.3 is 0 Å². The van der Waals surface area contributed by atoms with Crippen molar-refractivity contribution in [1.29, 1.82) is 0 Å². The van der Waals surface area contributed by atoms with Crippen LogP contribution in [0, 0.1) is 0 Å². The van der Waals surface area contributed by atoms with Gasteiger partial charge in [0.05, 0.1) is 23.7 Å². The lowest BCUT2D eigenvalue weighted by Gasteiger charge is -2.28. The van der Waals surface area contributed by atoms with Crippen LogP contribution in [0.1, 0.15) is 26.0 Å². The molecule has 4 nitrogen and oxygen atoms in total. The van der Waals surface area contributed by atoms with Crippen molar-refractivity contribution in [2.45, 2.75) is 38.5 Å². The standard InChI is InChI=1S/C12H19N3O/c1-9-12(2,5-6-16-9)15-8-11-4-3-10(13)7-14-11/h3-4,7,9,15H,5-6,8,13H2,1-2H3. The van der Waals surface area contributed by atoms with E-state index < -0.39 is 0 Å². The molecule has 0 amide bonds. The molecule has 2 unspecified atom stereocenters. The summed E-state index contributed by atoms with van der Waals surface area (Å²) in [6.07, 6.45) is 2.98. The van der Waals surface area contributed by atoms with Crippen LogP contribution in [0.15, 0.2) is 18.3 Å². The molecule has 1 saturated heterocycles. The fourth-order valence-electron chi connectivity index (χ4n) is 1.90. The number of rotatable bonds is 3. The van der Waals surface area contributed by atoms with Gasteiger partial charge in [0.15, 0.2) is 0 Å². The number of nitrogens with zero attached hydrogens (tertiary/aromatic N) is 1. The molecule has 4 heteroatoms. The van der Waals surface area contributed by atoms with E-state index in [4.69, 9.17) is 10.5 Å². The smallest absolute Gasteiger partial charge is 0.0726 e. The number of ether oxygens (including phenoxy) is 1. The first kappa shape index (κ1) is 11.4. The van der Waals surface area contributed by atoms with Crippen molar-refractivity contribution < 1.29 is 4.74 Å². The van der Waals surface area contributed by atoms with E-state index in [9.17, 15) is 0 Å². The molecule has 1 aliphatic rings. The molecule has 1 aromatic heterocycles. The van der Waals surface area contributed by atoms with Gasteiger partial charge in [-0.05, 0) is 32.4 Å². The zero-order chi connectivity index (χ0) is 11.6. The summed E-state index contributed by atoms with van der Waals surface area (Å²) in [5, 5.41) is 3.52. The van der Waals surface area contributed by atoms with Gasteiger partial charge in [-0.25, -0.2) is 0 Å². The first-order valence-electron chi connectivity index (χ1n) is 5.67. The molecule has 0 saturated carbocycles. The number of anilines is 1. The highest BCUT2D eigenvalue weighted by Crippen LogP contribution is 2.25. The summed E-state index contributed by atoms with van der Waals surface area (Å²) in [4.78, 5) is 4.27. The monoisotopic (exact) mass is 221 g/mol. The number of nitrogens with one attached hydrogen (secondary N) is 1. The fraction of sp³-hybridized carbons (Fsp3) is 0.583. The van der Waals surface area contributed by atoms with Crippen LogP contribution in [-0.2, 0) is 11.3 Å². The quantitative estimate of drug-likeness (QED) is 0.808. The molecule has 16 heavy (non-hydrogen) atoms. The Kier molecular flexibility index (Phi) is 3.12. The van der Waals surface area contributed by atoms with E-state index in [1.807, 2.05) is 12.1 Å². The highest BCUT2D eigenvalue weighted by Gasteiger charge is 2.36. The van der Waals surface area contributed by atoms with Crippen molar-refractivity contribution in [2.24, 2.45) is 0 Å². The number of pyridine rings is 1. The Hall–Kier alpha value is -1.13. The Morgan fingerprint density at radius 2 is 2.44 bits per heavy atom. The summed E-state index contributed by atoms with van der Waals surface area (Å²) in [7, 11) is 0. The van der Waals surface area contributed by atoms with Crippen LogP contribution in [0.2, 0.25) is 0 Å². The third kappa shape index (κ3) is 2.33. The number of hydrogen-bond donors (Lipinski definition) is 2. The van der Waals surface area contributed by atoms with E-state index in [1.165, 1.54) is 0 Å². The van der Waals surface area contributed by atoms with Crippen molar-refractivity contribution in [3.05, 3.63) is 24.0 Å². The van der Waals surface area contributed by atoms with Gasteiger partial charge in [-0.1, -0.05) is 0 Å². The first-order valence-corrected chi connectivity index (χ1v) is 5.67. The molecular weight excluding hydrogens is 202 g/mol. The highest BCUT2D eigenvalue weighted by atomic mass is 16.5. The molecule has 2 heterocycles. The number of nitrogen functional groups attached to an aromatic ring is 1. The Morgan fingerprint density at radius 1 is 1.62 bits per heavy atom. The molecular formula is C12H19N3O.